The molecule has 6 rings (SSSR count). The normalized spacial score (nSPS) is 19.4. The summed E-state index contributed by atoms with van der Waals surface area (Å²) < 4.78 is 1.40. The van der Waals surface area contributed by atoms with Crippen molar-refractivity contribution < 1.29 is 28.8 Å². The predicted molar refractivity (Wildman–Crippen MR) is 173 cm³/mol. The summed E-state index contributed by atoms with van der Waals surface area (Å²) in [6.45, 7) is 9.53. The molecule has 0 spiro atoms. The molecule has 4 N–H and O–H groups in total. The molecule has 1 aromatic heterocycles. The minimum atomic E-state index is -0.938. The number of imide groups is 3. The molecule has 47 heavy (non-hydrogen) atoms. The van der Waals surface area contributed by atoms with Crippen LogP contribution < -0.4 is 26.8 Å². The summed E-state index contributed by atoms with van der Waals surface area (Å²) in [6.07, 6.45) is 0.786. The van der Waals surface area contributed by atoms with Gasteiger partial charge in [-0.1, -0.05) is 12.1 Å². The number of fused-ring (bicyclic) bond motifs is 2. The Bertz CT molecular complexity index is 1880. The smallest absolute Gasteiger partial charge is 0.264 e. The summed E-state index contributed by atoms with van der Waals surface area (Å²) in [6, 6.07) is 9.06. The number of carbonyl (C=O) groups excluding carboxylic acids is 6. The van der Waals surface area contributed by atoms with Crippen LogP contribution in [0.15, 0.2) is 41.2 Å². The standard InChI is InChI=1S/C17H20N4O3.C16H17N3O4/c1-9(2)18-11-5-4-6-12-15(11)17(24)21(10(3)19-12)13-7-8-14(22)20-16(13)23;1-8(2)17-10-5-3-4-9-13(10)16(23)19(15(9)22)11-6-7-12(20)18-14(11)21/h4-6,9,13,18H,7-8H2,1-3H3,(H,20,22,23);3-5,8,11,17H,6-7H2,1-2H3,(H,18,20,21). The average molecular weight is 644 g/mol. The van der Waals surface area contributed by atoms with Crippen LogP contribution in [-0.2, 0) is 19.2 Å². The first-order valence-corrected chi connectivity index (χ1v) is 15.5. The van der Waals surface area contributed by atoms with Crippen molar-refractivity contribution in [3.8, 4) is 0 Å². The highest BCUT2D eigenvalue weighted by atomic mass is 16.2. The molecule has 2 unspecified atom stereocenters. The third-order valence-electron chi connectivity index (χ3n) is 7.98. The Labute approximate surface area is 270 Å². The maximum atomic E-state index is 13.1. The van der Waals surface area contributed by atoms with Crippen LogP contribution in [0.5, 0.6) is 0 Å². The van der Waals surface area contributed by atoms with Crippen LogP contribution in [0.2, 0.25) is 0 Å². The van der Waals surface area contributed by atoms with Gasteiger partial charge in [-0.05, 0) is 71.7 Å². The minimum absolute atomic E-state index is 0.0917. The minimum Gasteiger partial charge on any atom is -0.382 e. The van der Waals surface area contributed by atoms with Gasteiger partial charge in [-0.25, -0.2) is 4.98 Å². The van der Waals surface area contributed by atoms with Gasteiger partial charge < -0.3 is 10.6 Å². The monoisotopic (exact) mass is 643 g/mol. The van der Waals surface area contributed by atoms with E-state index in [1.165, 1.54) is 4.57 Å². The molecular formula is C33H37N7O7. The number of rotatable bonds is 6. The first-order chi connectivity index (χ1) is 22.3. The van der Waals surface area contributed by atoms with Gasteiger partial charge in [0, 0.05) is 36.3 Å². The number of carbonyl (C=O) groups is 6. The van der Waals surface area contributed by atoms with Gasteiger partial charge in [-0.15, -0.1) is 0 Å². The third-order valence-corrected chi connectivity index (χ3v) is 7.98. The SMILES string of the molecule is CC(C)Nc1cccc2c1C(=O)N(C1CCC(=O)NC1=O)C2=O.Cc1nc2cccc(NC(C)C)c2c(=O)n1C1CCC(=O)NC1=O. The second-order valence-corrected chi connectivity index (χ2v) is 12.3. The number of nitrogens with one attached hydrogen (secondary N) is 4. The van der Waals surface area contributed by atoms with Crippen LogP contribution in [0.4, 0.5) is 11.4 Å². The molecule has 0 aliphatic carbocycles. The first-order valence-electron chi connectivity index (χ1n) is 15.5. The van der Waals surface area contributed by atoms with Crippen LogP contribution in [0.3, 0.4) is 0 Å². The van der Waals surface area contributed by atoms with Gasteiger partial charge in [-0.2, -0.15) is 0 Å². The van der Waals surface area contributed by atoms with Gasteiger partial charge >= 0.3 is 0 Å². The summed E-state index contributed by atoms with van der Waals surface area (Å²) in [4.78, 5) is 90.7. The fraction of sp³-hybridized carbons (Fsp3) is 0.394. The Kier molecular flexibility index (Phi) is 9.22. The van der Waals surface area contributed by atoms with Gasteiger partial charge in [0.25, 0.3) is 17.4 Å². The Morgan fingerprint density at radius 2 is 1.30 bits per heavy atom. The molecule has 2 aromatic carbocycles. The lowest BCUT2D eigenvalue weighted by atomic mass is 10.0. The van der Waals surface area contributed by atoms with E-state index in [-0.39, 0.29) is 59.8 Å². The average Bonchev–Trinajstić information content (AvgIpc) is 3.24. The lowest BCUT2D eigenvalue weighted by molar-refractivity contribution is -0.137. The van der Waals surface area contributed by atoms with Gasteiger partial charge in [0.1, 0.15) is 17.9 Å². The van der Waals surface area contributed by atoms with Crippen LogP contribution >= 0.6 is 0 Å². The van der Waals surface area contributed by atoms with E-state index in [0.29, 0.717) is 34.5 Å². The lowest BCUT2D eigenvalue weighted by Crippen LogP contribution is -2.54. The van der Waals surface area contributed by atoms with Gasteiger partial charge in [0.2, 0.25) is 23.6 Å². The fourth-order valence-corrected chi connectivity index (χ4v) is 6.03. The molecular weight excluding hydrogens is 606 g/mol. The molecule has 246 valence electrons. The molecule has 2 saturated heterocycles. The number of piperidine rings is 2. The molecule has 4 heterocycles. The summed E-state index contributed by atoms with van der Waals surface area (Å²) in [5.41, 5.74) is 2.16. The number of aromatic nitrogens is 2. The van der Waals surface area contributed by atoms with Crippen LogP contribution in [0.25, 0.3) is 10.9 Å². The molecule has 0 radical (unpaired) electrons. The Hall–Kier alpha value is -5.40. The zero-order chi connectivity index (χ0) is 34.2. The quantitative estimate of drug-likeness (QED) is 0.290. The molecule has 0 bridgehead atoms. The summed E-state index contributed by atoms with van der Waals surface area (Å²) in [5, 5.41) is 11.3. The molecule has 3 aromatic rings. The molecule has 2 atom stereocenters. The Balaban J connectivity index is 0.000000185. The topological polar surface area (TPSA) is 189 Å². The molecule has 0 saturated carbocycles. The van der Waals surface area contributed by atoms with Crippen LogP contribution in [0.1, 0.15) is 86.0 Å². The van der Waals surface area contributed by atoms with E-state index in [2.05, 4.69) is 26.3 Å². The van der Waals surface area contributed by atoms with Crippen molar-refractivity contribution >= 4 is 57.7 Å². The van der Waals surface area contributed by atoms with Gasteiger partial charge in [-0.3, -0.25) is 53.7 Å². The first kappa shape index (κ1) is 33.0. The maximum Gasteiger partial charge on any atom is 0.264 e. The van der Waals surface area contributed by atoms with E-state index in [0.717, 1.165) is 4.90 Å². The number of benzene rings is 2. The zero-order valence-electron chi connectivity index (χ0n) is 26.8. The van der Waals surface area contributed by atoms with E-state index in [4.69, 9.17) is 0 Å². The van der Waals surface area contributed by atoms with Crippen molar-refractivity contribution in [3.63, 3.8) is 0 Å². The highest BCUT2D eigenvalue weighted by Crippen LogP contribution is 2.32. The van der Waals surface area contributed by atoms with Crippen molar-refractivity contribution in [2.75, 3.05) is 10.6 Å². The maximum absolute atomic E-state index is 13.1. The Morgan fingerprint density at radius 3 is 1.89 bits per heavy atom. The fourth-order valence-electron chi connectivity index (χ4n) is 6.03. The second kappa shape index (κ2) is 13.1. The third kappa shape index (κ3) is 6.48. The summed E-state index contributed by atoms with van der Waals surface area (Å²) in [7, 11) is 0. The van der Waals surface area contributed by atoms with Crippen molar-refractivity contribution in [3.05, 3.63) is 63.7 Å². The molecule has 6 amide bonds. The number of aryl methyl sites for hydroxylation is 1. The van der Waals surface area contributed by atoms with Crippen molar-refractivity contribution in [2.24, 2.45) is 0 Å². The summed E-state index contributed by atoms with van der Waals surface area (Å²) >= 11 is 0. The highest BCUT2D eigenvalue weighted by molar-refractivity contribution is 6.25. The van der Waals surface area contributed by atoms with Crippen LogP contribution in [0, 0.1) is 6.92 Å². The zero-order valence-corrected chi connectivity index (χ0v) is 26.8. The van der Waals surface area contributed by atoms with Crippen molar-refractivity contribution in [2.45, 2.75) is 84.5 Å². The Morgan fingerprint density at radius 1 is 0.745 bits per heavy atom. The van der Waals surface area contributed by atoms with Crippen molar-refractivity contribution in [1.29, 1.82) is 0 Å². The molecule has 14 heteroatoms. The van der Waals surface area contributed by atoms with E-state index in [1.807, 2.05) is 39.8 Å². The van der Waals surface area contributed by atoms with Gasteiger partial charge in [0.05, 0.1) is 22.0 Å². The number of hydrogen-bond acceptors (Lipinski definition) is 10. The van der Waals surface area contributed by atoms with E-state index in [1.54, 1.807) is 31.2 Å². The number of hydrogen-bond donors (Lipinski definition) is 4. The van der Waals surface area contributed by atoms with Gasteiger partial charge in [0.15, 0.2) is 0 Å². The largest absolute Gasteiger partial charge is 0.382 e. The second-order valence-electron chi connectivity index (χ2n) is 12.3. The van der Waals surface area contributed by atoms with Crippen LogP contribution in [-0.4, -0.2) is 68.0 Å². The van der Waals surface area contributed by atoms with E-state index >= 15 is 0 Å². The molecule has 14 nitrogen and oxygen atoms in total. The molecule has 3 aliphatic rings. The molecule has 3 aliphatic heterocycles. The van der Waals surface area contributed by atoms with E-state index in [9.17, 15) is 33.6 Å². The predicted octanol–water partition coefficient (Wildman–Crippen LogP) is 2.41. The van der Waals surface area contributed by atoms with Crippen molar-refractivity contribution in [1.82, 2.24) is 25.1 Å². The highest BCUT2D eigenvalue weighted by Gasteiger charge is 2.45. The number of anilines is 2. The number of nitrogens with zero attached hydrogens (tertiary/aromatic N) is 3. The summed E-state index contributed by atoms with van der Waals surface area (Å²) in [5.74, 6) is -2.28. The van der Waals surface area contributed by atoms with E-state index < -0.39 is 35.7 Å². The molecule has 2 fully saturated rings. The number of amides is 6. The lowest BCUT2D eigenvalue weighted by Gasteiger charge is -2.27.